The zero-order chi connectivity index (χ0) is 13.2. The lowest BCUT2D eigenvalue weighted by Gasteiger charge is -2.28. The standard InChI is InChI=1S/C15H11ClN2O/c16-12-5-2-6-13-15(12)19-14(9-18-13)11-4-1-3-10(7-11)8-17/h1-7,14,18H,9H2. The van der Waals surface area contributed by atoms with Crippen LogP contribution in [0.25, 0.3) is 0 Å². The molecule has 1 N–H and O–H groups in total. The molecule has 0 fully saturated rings. The van der Waals surface area contributed by atoms with E-state index < -0.39 is 0 Å². The van der Waals surface area contributed by atoms with Gasteiger partial charge < -0.3 is 10.1 Å². The van der Waals surface area contributed by atoms with Crippen LogP contribution >= 0.6 is 11.6 Å². The summed E-state index contributed by atoms with van der Waals surface area (Å²) < 4.78 is 5.94. The first-order valence-electron chi connectivity index (χ1n) is 5.97. The molecule has 19 heavy (non-hydrogen) atoms. The van der Waals surface area contributed by atoms with E-state index in [1.807, 2.05) is 30.3 Å². The van der Waals surface area contributed by atoms with Crippen LogP contribution in [-0.4, -0.2) is 6.54 Å². The lowest BCUT2D eigenvalue weighted by Crippen LogP contribution is -2.23. The van der Waals surface area contributed by atoms with Crippen molar-refractivity contribution in [2.45, 2.75) is 6.10 Å². The van der Waals surface area contributed by atoms with Crippen molar-refractivity contribution < 1.29 is 4.74 Å². The number of nitriles is 1. The van der Waals surface area contributed by atoms with Crippen molar-refractivity contribution in [3.8, 4) is 11.8 Å². The third kappa shape index (κ3) is 2.23. The minimum absolute atomic E-state index is 0.138. The van der Waals surface area contributed by atoms with E-state index in [0.29, 0.717) is 22.9 Å². The number of halogens is 1. The summed E-state index contributed by atoms with van der Waals surface area (Å²) in [5.41, 5.74) is 2.50. The smallest absolute Gasteiger partial charge is 0.161 e. The molecule has 0 saturated heterocycles. The summed E-state index contributed by atoms with van der Waals surface area (Å²) in [6, 6.07) is 15.2. The molecule has 1 atom stereocenters. The van der Waals surface area contributed by atoms with Crippen LogP contribution in [0.5, 0.6) is 5.75 Å². The Balaban J connectivity index is 1.93. The number of ether oxygens (including phenoxy) is 1. The average Bonchev–Trinajstić information content (AvgIpc) is 2.47. The van der Waals surface area contributed by atoms with Gasteiger partial charge in [-0.25, -0.2) is 0 Å². The highest BCUT2D eigenvalue weighted by Crippen LogP contribution is 2.39. The van der Waals surface area contributed by atoms with Gasteiger partial charge in [0.2, 0.25) is 0 Å². The Hall–Kier alpha value is -2.18. The van der Waals surface area contributed by atoms with Gasteiger partial charge in [-0.15, -0.1) is 0 Å². The number of hydrogen-bond acceptors (Lipinski definition) is 3. The fourth-order valence-electron chi connectivity index (χ4n) is 2.15. The van der Waals surface area contributed by atoms with Gasteiger partial charge in [0.15, 0.2) is 5.75 Å². The average molecular weight is 271 g/mol. The van der Waals surface area contributed by atoms with Gasteiger partial charge in [-0.1, -0.05) is 29.8 Å². The molecule has 0 aliphatic carbocycles. The maximum atomic E-state index is 8.93. The largest absolute Gasteiger partial charge is 0.480 e. The summed E-state index contributed by atoms with van der Waals surface area (Å²) in [5, 5.41) is 12.8. The fraction of sp³-hybridized carbons (Fsp3) is 0.133. The summed E-state index contributed by atoms with van der Waals surface area (Å²) in [6.45, 7) is 0.655. The normalized spacial score (nSPS) is 16.7. The first kappa shape index (κ1) is 11.9. The van der Waals surface area contributed by atoms with Gasteiger partial charge in [-0.2, -0.15) is 5.26 Å². The molecular formula is C15H11ClN2O. The Morgan fingerprint density at radius 2 is 2.11 bits per heavy atom. The highest BCUT2D eigenvalue weighted by Gasteiger charge is 2.22. The van der Waals surface area contributed by atoms with Crippen molar-refractivity contribution in [2.75, 3.05) is 11.9 Å². The molecule has 3 rings (SSSR count). The van der Waals surface area contributed by atoms with Crippen LogP contribution in [0.3, 0.4) is 0 Å². The van der Waals surface area contributed by atoms with Crippen LogP contribution in [0.15, 0.2) is 42.5 Å². The predicted octanol–water partition coefficient (Wildman–Crippen LogP) is 3.76. The van der Waals surface area contributed by atoms with Crippen LogP contribution in [0.2, 0.25) is 5.02 Å². The van der Waals surface area contributed by atoms with E-state index in [-0.39, 0.29) is 6.10 Å². The van der Waals surface area contributed by atoms with Gasteiger partial charge in [0.05, 0.1) is 28.9 Å². The summed E-state index contributed by atoms with van der Waals surface area (Å²) in [5.74, 6) is 0.669. The van der Waals surface area contributed by atoms with Gasteiger partial charge >= 0.3 is 0 Å². The molecule has 94 valence electrons. The molecule has 1 aliphatic rings. The topological polar surface area (TPSA) is 45.0 Å². The molecule has 1 aliphatic heterocycles. The number of rotatable bonds is 1. The number of hydrogen-bond donors (Lipinski definition) is 1. The molecule has 1 unspecified atom stereocenters. The summed E-state index contributed by atoms with van der Waals surface area (Å²) in [7, 11) is 0. The van der Waals surface area contributed by atoms with E-state index in [4.69, 9.17) is 21.6 Å². The molecule has 2 aromatic carbocycles. The van der Waals surface area contributed by atoms with Crippen molar-refractivity contribution in [1.82, 2.24) is 0 Å². The second-order valence-electron chi connectivity index (χ2n) is 4.34. The van der Waals surface area contributed by atoms with Crippen LogP contribution < -0.4 is 10.1 Å². The molecule has 0 radical (unpaired) electrons. The molecule has 0 aromatic heterocycles. The second kappa shape index (κ2) is 4.83. The van der Waals surface area contributed by atoms with E-state index in [1.165, 1.54) is 0 Å². The Bertz CT molecular complexity index is 663. The Morgan fingerprint density at radius 3 is 2.95 bits per heavy atom. The van der Waals surface area contributed by atoms with E-state index in [9.17, 15) is 0 Å². The van der Waals surface area contributed by atoms with E-state index in [2.05, 4.69) is 11.4 Å². The third-order valence-electron chi connectivity index (χ3n) is 3.09. The molecule has 0 bridgehead atoms. The molecule has 0 amide bonds. The molecule has 4 heteroatoms. The lowest BCUT2D eigenvalue weighted by molar-refractivity contribution is 0.210. The highest BCUT2D eigenvalue weighted by atomic mass is 35.5. The predicted molar refractivity (Wildman–Crippen MR) is 74.5 cm³/mol. The van der Waals surface area contributed by atoms with Crippen LogP contribution in [0, 0.1) is 11.3 Å². The maximum absolute atomic E-state index is 8.93. The van der Waals surface area contributed by atoms with Crippen molar-refractivity contribution in [1.29, 1.82) is 5.26 Å². The molecule has 2 aromatic rings. The zero-order valence-corrected chi connectivity index (χ0v) is 10.8. The first-order chi connectivity index (χ1) is 9.28. The number of para-hydroxylation sites is 1. The van der Waals surface area contributed by atoms with Gasteiger partial charge in [-0.3, -0.25) is 0 Å². The van der Waals surface area contributed by atoms with E-state index in [1.54, 1.807) is 12.1 Å². The Labute approximate surface area is 116 Å². The number of fused-ring (bicyclic) bond motifs is 1. The number of benzene rings is 2. The van der Waals surface area contributed by atoms with Crippen molar-refractivity contribution in [3.05, 3.63) is 58.6 Å². The van der Waals surface area contributed by atoms with Gasteiger partial charge in [0.1, 0.15) is 6.10 Å². The fourth-order valence-corrected chi connectivity index (χ4v) is 2.37. The van der Waals surface area contributed by atoms with Crippen molar-refractivity contribution >= 4 is 17.3 Å². The van der Waals surface area contributed by atoms with Gasteiger partial charge in [0, 0.05) is 0 Å². The summed E-state index contributed by atoms with van der Waals surface area (Å²) in [4.78, 5) is 0. The molecular weight excluding hydrogens is 260 g/mol. The number of nitrogens with zero attached hydrogens (tertiary/aromatic N) is 1. The third-order valence-corrected chi connectivity index (χ3v) is 3.39. The molecule has 0 saturated carbocycles. The minimum Gasteiger partial charge on any atom is -0.480 e. The molecule has 1 heterocycles. The lowest BCUT2D eigenvalue weighted by atomic mass is 10.0. The molecule has 3 nitrogen and oxygen atoms in total. The number of anilines is 1. The monoisotopic (exact) mass is 270 g/mol. The van der Waals surface area contributed by atoms with Gasteiger partial charge in [0.25, 0.3) is 0 Å². The second-order valence-corrected chi connectivity index (χ2v) is 4.75. The SMILES string of the molecule is N#Cc1cccc(C2CNc3cccc(Cl)c3O2)c1. The maximum Gasteiger partial charge on any atom is 0.161 e. The molecule has 0 spiro atoms. The van der Waals surface area contributed by atoms with E-state index in [0.717, 1.165) is 11.3 Å². The summed E-state index contributed by atoms with van der Waals surface area (Å²) >= 11 is 6.14. The number of nitrogens with one attached hydrogen (secondary N) is 1. The Morgan fingerprint density at radius 1 is 1.26 bits per heavy atom. The zero-order valence-electron chi connectivity index (χ0n) is 10.1. The van der Waals surface area contributed by atoms with Crippen LogP contribution in [-0.2, 0) is 0 Å². The Kier molecular flexibility index (Phi) is 3.02. The highest BCUT2D eigenvalue weighted by molar-refractivity contribution is 6.32. The van der Waals surface area contributed by atoms with Crippen LogP contribution in [0.1, 0.15) is 17.2 Å². The summed E-state index contributed by atoms with van der Waals surface area (Å²) in [6.07, 6.45) is -0.138. The first-order valence-corrected chi connectivity index (χ1v) is 6.35. The van der Waals surface area contributed by atoms with Crippen molar-refractivity contribution in [2.24, 2.45) is 0 Å². The minimum atomic E-state index is -0.138. The van der Waals surface area contributed by atoms with Crippen LogP contribution in [0.4, 0.5) is 5.69 Å². The van der Waals surface area contributed by atoms with Crippen molar-refractivity contribution in [3.63, 3.8) is 0 Å². The quantitative estimate of drug-likeness (QED) is 0.858. The van der Waals surface area contributed by atoms with Gasteiger partial charge in [-0.05, 0) is 29.8 Å². The van der Waals surface area contributed by atoms with E-state index >= 15 is 0 Å².